The van der Waals surface area contributed by atoms with Gasteiger partial charge in [0.05, 0.1) is 24.1 Å². The SMILES string of the molecule is COc1ncc(-c2ccc3nc(N)n([C@H]4CC[C@H](O)CC4)c(=O)c3c2)cc1NS(=O)(=O)c1ccc(F)cc1F. The topological polar surface area (TPSA) is 149 Å². The van der Waals surface area contributed by atoms with Crippen LogP contribution in [0.3, 0.4) is 0 Å². The van der Waals surface area contributed by atoms with E-state index in [0.29, 0.717) is 53.8 Å². The number of benzene rings is 2. The average molecular weight is 558 g/mol. The Morgan fingerprint density at radius 1 is 1.08 bits per heavy atom. The lowest BCUT2D eigenvalue weighted by molar-refractivity contribution is 0.110. The molecule has 5 rings (SSSR count). The first-order chi connectivity index (χ1) is 18.6. The van der Waals surface area contributed by atoms with E-state index in [0.717, 1.165) is 12.1 Å². The first kappa shape index (κ1) is 26.5. The number of sulfonamides is 1. The van der Waals surface area contributed by atoms with Crippen LogP contribution >= 0.6 is 0 Å². The average Bonchev–Trinajstić information content (AvgIpc) is 2.89. The van der Waals surface area contributed by atoms with Crippen LogP contribution in [0.4, 0.5) is 20.4 Å². The summed E-state index contributed by atoms with van der Waals surface area (Å²) in [7, 11) is -3.18. The van der Waals surface area contributed by atoms with Crippen LogP contribution in [0.15, 0.2) is 58.4 Å². The lowest BCUT2D eigenvalue weighted by Gasteiger charge is -2.28. The number of ether oxygens (including phenoxy) is 1. The van der Waals surface area contributed by atoms with Crippen molar-refractivity contribution in [3.05, 3.63) is 70.6 Å². The second-order valence-corrected chi connectivity index (χ2v) is 11.0. The molecule has 204 valence electrons. The van der Waals surface area contributed by atoms with E-state index in [1.165, 1.54) is 23.9 Å². The van der Waals surface area contributed by atoms with E-state index < -0.39 is 32.7 Å². The molecule has 4 N–H and O–H groups in total. The fraction of sp³-hybridized carbons (Fsp3) is 0.269. The zero-order valence-electron chi connectivity index (χ0n) is 20.8. The number of aliphatic hydroxyl groups excluding tert-OH is 1. The number of halogens is 2. The molecule has 0 spiro atoms. The lowest BCUT2D eigenvalue weighted by Crippen LogP contribution is -2.31. The highest BCUT2D eigenvalue weighted by Crippen LogP contribution is 2.33. The molecule has 4 aromatic rings. The van der Waals surface area contributed by atoms with E-state index >= 15 is 0 Å². The monoisotopic (exact) mass is 557 g/mol. The zero-order valence-corrected chi connectivity index (χ0v) is 21.6. The maximum atomic E-state index is 14.2. The Bertz CT molecular complexity index is 1740. The van der Waals surface area contributed by atoms with Crippen molar-refractivity contribution in [1.82, 2.24) is 14.5 Å². The summed E-state index contributed by atoms with van der Waals surface area (Å²) in [5.41, 5.74) is 7.07. The van der Waals surface area contributed by atoms with Crippen molar-refractivity contribution in [2.24, 2.45) is 0 Å². The van der Waals surface area contributed by atoms with Crippen LogP contribution in [0.1, 0.15) is 31.7 Å². The quantitative estimate of drug-likeness (QED) is 0.326. The number of methoxy groups -OCH3 is 1. The highest BCUT2D eigenvalue weighted by Gasteiger charge is 2.25. The highest BCUT2D eigenvalue weighted by atomic mass is 32.2. The van der Waals surface area contributed by atoms with Gasteiger partial charge in [-0.15, -0.1) is 0 Å². The van der Waals surface area contributed by atoms with Gasteiger partial charge in [0.1, 0.15) is 22.2 Å². The summed E-state index contributed by atoms with van der Waals surface area (Å²) in [6.45, 7) is 0. The van der Waals surface area contributed by atoms with E-state index in [1.807, 2.05) is 0 Å². The van der Waals surface area contributed by atoms with Crippen LogP contribution in [0.2, 0.25) is 0 Å². The third kappa shape index (κ3) is 5.14. The summed E-state index contributed by atoms with van der Waals surface area (Å²) in [5, 5.41) is 10.1. The summed E-state index contributed by atoms with van der Waals surface area (Å²) in [6, 6.07) is 8.28. The minimum Gasteiger partial charge on any atom is -0.480 e. The maximum absolute atomic E-state index is 14.2. The molecule has 0 saturated heterocycles. The smallest absolute Gasteiger partial charge is 0.264 e. The lowest BCUT2D eigenvalue weighted by atomic mass is 9.93. The van der Waals surface area contributed by atoms with E-state index in [2.05, 4.69) is 14.7 Å². The number of nitrogens with two attached hydrogens (primary N) is 1. The Labute approximate surface area is 222 Å². The summed E-state index contributed by atoms with van der Waals surface area (Å²) < 4.78 is 62.1. The molecular formula is C26H25F2N5O5S. The van der Waals surface area contributed by atoms with Gasteiger partial charge in [0.15, 0.2) is 0 Å². The van der Waals surface area contributed by atoms with Crippen molar-refractivity contribution >= 4 is 32.6 Å². The van der Waals surface area contributed by atoms with Crippen molar-refractivity contribution in [2.45, 2.75) is 42.7 Å². The molecular weight excluding hydrogens is 532 g/mol. The highest BCUT2D eigenvalue weighted by molar-refractivity contribution is 7.92. The predicted octanol–water partition coefficient (Wildman–Crippen LogP) is 3.60. The van der Waals surface area contributed by atoms with Gasteiger partial charge in [0.25, 0.3) is 15.6 Å². The van der Waals surface area contributed by atoms with E-state index in [-0.39, 0.29) is 29.1 Å². The van der Waals surface area contributed by atoms with Crippen LogP contribution in [-0.4, -0.2) is 41.3 Å². The van der Waals surface area contributed by atoms with Crippen LogP contribution in [0.5, 0.6) is 5.88 Å². The number of fused-ring (bicyclic) bond motifs is 1. The Hall–Kier alpha value is -4.10. The molecule has 13 heteroatoms. The Morgan fingerprint density at radius 2 is 1.82 bits per heavy atom. The molecule has 0 aliphatic heterocycles. The number of anilines is 2. The van der Waals surface area contributed by atoms with Gasteiger partial charge in [-0.25, -0.2) is 27.2 Å². The number of rotatable bonds is 6. The fourth-order valence-corrected chi connectivity index (χ4v) is 5.91. The van der Waals surface area contributed by atoms with Gasteiger partial charge in [-0.3, -0.25) is 14.1 Å². The largest absolute Gasteiger partial charge is 0.480 e. The minimum absolute atomic E-state index is 0.0816. The van der Waals surface area contributed by atoms with Crippen LogP contribution in [-0.2, 0) is 10.0 Å². The first-order valence-electron chi connectivity index (χ1n) is 12.1. The third-order valence-electron chi connectivity index (χ3n) is 6.76. The zero-order chi connectivity index (χ0) is 27.9. The molecule has 1 saturated carbocycles. The molecule has 1 aliphatic carbocycles. The summed E-state index contributed by atoms with van der Waals surface area (Å²) >= 11 is 0. The van der Waals surface area contributed by atoms with Gasteiger partial charge in [-0.2, -0.15) is 0 Å². The van der Waals surface area contributed by atoms with Crippen LogP contribution < -0.4 is 20.8 Å². The van der Waals surface area contributed by atoms with Crippen molar-refractivity contribution in [1.29, 1.82) is 0 Å². The Balaban J connectivity index is 1.55. The number of nitrogens with zero attached hydrogens (tertiary/aromatic N) is 3. The van der Waals surface area contributed by atoms with E-state index in [4.69, 9.17) is 10.5 Å². The fourth-order valence-electron chi connectivity index (χ4n) is 4.80. The molecule has 2 heterocycles. The van der Waals surface area contributed by atoms with Gasteiger partial charge in [-0.1, -0.05) is 6.07 Å². The molecule has 0 unspecified atom stereocenters. The molecule has 2 aromatic heterocycles. The van der Waals surface area contributed by atoms with Crippen molar-refractivity contribution in [3.8, 4) is 17.0 Å². The number of aromatic nitrogens is 3. The second kappa shape index (κ2) is 10.2. The summed E-state index contributed by atoms with van der Waals surface area (Å²) in [5.74, 6) is -2.16. The third-order valence-corrected chi connectivity index (χ3v) is 8.16. The van der Waals surface area contributed by atoms with E-state index in [9.17, 15) is 27.1 Å². The molecule has 2 aromatic carbocycles. The number of nitrogens with one attached hydrogen (secondary N) is 1. The van der Waals surface area contributed by atoms with Crippen molar-refractivity contribution in [3.63, 3.8) is 0 Å². The first-order valence-corrected chi connectivity index (χ1v) is 13.6. The Morgan fingerprint density at radius 3 is 2.51 bits per heavy atom. The normalized spacial score (nSPS) is 17.7. The molecule has 0 atom stereocenters. The van der Waals surface area contributed by atoms with Gasteiger partial charge < -0.3 is 15.6 Å². The molecule has 0 amide bonds. The van der Waals surface area contributed by atoms with Gasteiger partial charge in [0, 0.05) is 23.9 Å². The van der Waals surface area contributed by atoms with Gasteiger partial charge in [-0.05, 0) is 61.6 Å². The number of pyridine rings is 1. The van der Waals surface area contributed by atoms with Crippen molar-refractivity contribution in [2.75, 3.05) is 17.6 Å². The molecule has 0 bridgehead atoms. The maximum Gasteiger partial charge on any atom is 0.264 e. The predicted molar refractivity (Wildman–Crippen MR) is 141 cm³/mol. The molecule has 1 aliphatic rings. The van der Waals surface area contributed by atoms with Gasteiger partial charge in [0.2, 0.25) is 11.8 Å². The number of hydrogen-bond donors (Lipinski definition) is 3. The van der Waals surface area contributed by atoms with Crippen LogP contribution in [0.25, 0.3) is 22.0 Å². The Kier molecular flexibility index (Phi) is 6.95. The van der Waals surface area contributed by atoms with E-state index in [1.54, 1.807) is 18.2 Å². The standard InChI is InChI=1S/C26H25F2N5O5S/c1-38-24-22(32-39(36,37)23-9-3-16(27)12-20(23)28)11-15(13-30-24)14-2-8-21-19(10-14)25(35)33(26(29)31-21)17-4-6-18(34)7-5-17/h2-3,8-13,17-18,32,34H,4-7H2,1H3,(H2,29,31)/t17-,18-. The van der Waals surface area contributed by atoms with Gasteiger partial charge >= 0.3 is 0 Å². The molecule has 39 heavy (non-hydrogen) atoms. The number of nitrogen functional groups attached to an aromatic ring is 1. The van der Waals surface area contributed by atoms with Crippen LogP contribution in [0, 0.1) is 11.6 Å². The van der Waals surface area contributed by atoms with Crippen molar-refractivity contribution < 1.29 is 27.0 Å². The molecule has 0 radical (unpaired) electrons. The summed E-state index contributed by atoms with van der Waals surface area (Å²) in [6.07, 6.45) is 3.35. The minimum atomic E-state index is -4.47. The number of hydrogen-bond acceptors (Lipinski definition) is 8. The molecule has 10 nitrogen and oxygen atoms in total. The second-order valence-electron chi connectivity index (χ2n) is 9.30. The number of aliphatic hydroxyl groups is 1. The summed E-state index contributed by atoms with van der Waals surface area (Å²) in [4.78, 5) is 21.3. The molecule has 1 fully saturated rings.